The Labute approximate surface area is 161 Å². The van der Waals surface area contributed by atoms with E-state index in [1.807, 2.05) is 0 Å². The molecule has 0 saturated heterocycles. The summed E-state index contributed by atoms with van der Waals surface area (Å²) in [5.74, 6) is -2.74. The Morgan fingerprint density at radius 1 is 1.14 bits per heavy atom. The van der Waals surface area contributed by atoms with Gasteiger partial charge in [-0.25, -0.2) is 8.78 Å². The first-order valence-corrected chi connectivity index (χ1v) is 8.41. The quantitative estimate of drug-likeness (QED) is 0.535. The predicted octanol–water partition coefficient (Wildman–Crippen LogP) is 1.54. The Bertz CT molecular complexity index is 843. The summed E-state index contributed by atoms with van der Waals surface area (Å²) >= 11 is 0. The molecule has 5 N–H and O–H groups in total. The van der Waals surface area contributed by atoms with E-state index in [0.29, 0.717) is 5.56 Å². The van der Waals surface area contributed by atoms with E-state index in [2.05, 4.69) is 21.4 Å². The Morgan fingerprint density at radius 2 is 1.79 bits per heavy atom. The van der Waals surface area contributed by atoms with Gasteiger partial charge in [0.1, 0.15) is 0 Å². The summed E-state index contributed by atoms with van der Waals surface area (Å²) in [5.41, 5.74) is 5.49. The van der Waals surface area contributed by atoms with Gasteiger partial charge in [-0.1, -0.05) is 12.1 Å². The summed E-state index contributed by atoms with van der Waals surface area (Å²) in [4.78, 5) is 26.7. The lowest BCUT2D eigenvalue weighted by atomic mass is 10.0. The second-order valence-electron chi connectivity index (χ2n) is 5.59. The number of aromatic nitrogens is 1. The highest BCUT2D eigenvalue weighted by Crippen LogP contribution is 2.19. The topological polar surface area (TPSA) is 121 Å². The first-order valence-electron chi connectivity index (χ1n) is 8.41. The maximum atomic E-state index is 14.3. The van der Waals surface area contributed by atoms with Gasteiger partial charge in [0.2, 0.25) is 5.91 Å². The zero-order valence-corrected chi connectivity index (χ0v) is 15.7. The second-order valence-corrected chi connectivity index (χ2v) is 5.59. The molecule has 0 radical (unpaired) electrons. The molecule has 0 aliphatic heterocycles. The average molecular weight is 391 g/mol. The summed E-state index contributed by atoms with van der Waals surface area (Å²) in [7, 11) is 1.50. The normalized spacial score (nSPS) is 9.75. The van der Waals surface area contributed by atoms with Crippen molar-refractivity contribution in [2.24, 2.45) is 5.73 Å². The molecule has 0 fully saturated rings. The van der Waals surface area contributed by atoms with Crippen LogP contribution in [0.5, 0.6) is 0 Å². The van der Waals surface area contributed by atoms with Crippen molar-refractivity contribution in [1.29, 1.82) is 5.41 Å². The molecular formula is C19H23F2N5O2. The number of carbonyl (C=O) groups is 2. The first-order chi connectivity index (χ1) is 13.4. The molecule has 1 aromatic heterocycles. The molecule has 0 unspecified atom stereocenters. The van der Waals surface area contributed by atoms with Crippen LogP contribution in [0.25, 0.3) is 0 Å². The third-order valence-electron chi connectivity index (χ3n) is 3.59. The Morgan fingerprint density at radius 3 is 2.43 bits per heavy atom. The van der Waals surface area contributed by atoms with Crippen molar-refractivity contribution in [3.05, 3.63) is 64.5 Å². The van der Waals surface area contributed by atoms with Crippen molar-refractivity contribution in [2.75, 3.05) is 13.6 Å². The van der Waals surface area contributed by atoms with E-state index in [1.165, 1.54) is 44.6 Å². The van der Waals surface area contributed by atoms with Gasteiger partial charge in [0, 0.05) is 44.1 Å². The SMILES string of the molecule is CC(=O)NCc1ccc(Cc2cncc(C(=O)NCC=N)c2)c(F)c1F.CN. The summed E-state index contributed by atoms with van der Waals surface area (Å²) in [6.45, 7) is 1.29. The molecule has 0 spiro atoms. The minimum absolute atomic E-state index is 0.0550. The molecule has 0 bridgehead atoms. The van der Waals surface area contributed by atoms with Crippen molar-refractivity contribution in [3.8, 4) is 0 Å². The summed E-state index contributed by atoms with van der Waals surface area (Å²) in [6.07, 6.45) is 3.93. The number of pyridine rings is 1. The van der Waals surface area contributed by atoms with Gasteiger partial charge in [-0.15, -0.1) is 0 Å². The van der Waals surface area contributed by atoms with Crippen LogP contribution < -0.4 is 16.4 Å². The Hall–Kier alpha value is -3.20. The number of hydrogen-bond donors (Lipinski definition) is 4. The van der Waals surface area contributed by atoms with Gasteiger partial charge in [-0.2, -0.15) is 0 Å². The van der Waals surface area contributed by atoms with E-state index in [-0.39, 0.29) is 42.1 Å². The van der Waals surface area contributed by atoms with Gasteiger partial charge in [0.05, 0.1) is 12.1 Å². The van der Waals surface area contributed by atoms with Gasteiger partial charge >= 0.3 is 0 Å². The third kappa shape index (κ3) is 6.51. The van der Waals surface area contributed by atoms with Gasteiger partial charge in [-0.05, 0) is 24.2 Å². The van der Waals surface area contributed by atoms with Gasteiger partial charge in [-0.3, -0.25) is 14.6 Å². The van der Waals surface area contributed by atoms with Crippen LogP contribution in [-0.4, -0.2) is 36.6 Å². The van der Waals surface area contributed by atoms with Crippen molar-refractivity contribution >= 4 is 18.0 Å². The number of amides is 2. The first kappa shape index (κ1) is 22.8. The zero-order chi connectivity index (χ0) is 21.1. The number of halogens is 2. The van der Waals surface area contributed by atoms with Crippen LogP contribution in [0.15, 0.2) is 30.6 Å². The third-order valence-corrected chi connectivity index (χ3v) is 3.59. The minimum atomic E-state index is -1.01. The highest BCUT2D eigenvalue weighted by Gasteiger charge is 2.15. The van der Waals surface area contributed by atoms with Crippen LogP contribution in [0.2, 0.25) is 0 Å². The molecule has 2 amide bonds. The lowest BCUT2D eigenvalue weighted by Gasteiger charge is -2.10. The predicted molar refractivity (Wildman–Crippen MR) is 102 cm³/mol. The maximum Gasteiger partial charge on any atom is 0.253 e. The molecule has 1 aromatic carbocycles. The van der Waals surface area contributed by atoms with E-state index in [1.54, 1.807) is 0 Å². The molecule has 1 heterocycles. The fourth-order valence-electron chi connectivity index (χ4n) is 2.30. The summed E-state index contributed by atoms with van der Waals surface area (Å²) < 4.78 is 28.4. The number of carbonyl (C=O) groups excluding carboxylic acids is 2. The van der Waals surface area contributed by atoms with E-state index in [0.717, 1.165) is 6.21 Å². The molecule has 2 rings (SSSR count). The number of nitrogens with two attached hydrogens (primary N) is 1. The Balaban J connectivity index is 0.00000190. The van der Waals surface area contributed by atoms with Gasteiger partial charge < -0.3 is 21.8 Å². The average Bonchev–Trinajstić information content (AvgIpc) is 2.70. The lowest BCUT2D eigenvalue weighted by molar-refractivity contribution is -0.119. The van der Waals surface area contributed by atoms with Crippen molar-refractivity contribution < 1.29 is 18.4 Å². The molecule has 2 aromatic rings. The highest BCUT2D eigenvalue weighted by atomic mass is 19.2. The van der Waals surface area contributed by atoms with Gasteiger partial charge in [0.15, 0.2) is 11.6 Å². The van der Waals surface area contributed by atoms with E-state index in [4.69, 9.17) is 5.41 Å². The second kappa shape index (κ2) is 11.5. The molecule has 9 heteroatoms. The zero-order valence-electron chi connectivity index (χ0n) is 15.7. The number of rotatable bonds is 7. The standard InChI is InChI=1S/C18H18F2N4O2.CH5N/c1-11(25)24-10-14-3-2-13(16(19)17(14)20)6-12-7-15(9-22-8-12)18(26)23-5-4-21;1-2/h2-4,7-9,21H,5-6,10H2,1H3,(H,23,26)(H,24,25);2H2,1H3. The number of nitrogens with one attached hydrogen (secondary N) is 3. The largest absolute Gasteiger partial charge is 0.352 e. The van der Waals surface area contributed by atoms with Crippen molar-refractivity contribution in [2.45, 2.75) is 19.9 Å². The molecule has 0 aliphatic carbocycles. The van der Waals surface area contributed by atoms with Crippen LogP contribution in [0.4, 0.5) is 8.78 Å². The fourth-order valence-corrected chi connectivity index (χ4v) is 2.30. The molecule has 150 valence electrons. The molecule has 0 atom stereocenters. The van der Waals surface area contributed by atoms with Gasteiger partial charge in [0.25, 0.3) is 5.91 Å². The maximum absolute atomic E-state index is 14.3. The lowest BCUT2D eigenvalue weighted by Crippen LogP contribution is -2.25. The van der Waals surface area contributed by atoms with Crippen LogP contribution >= 0.6 is 0 Å². The van der Waals surface area contributed by atoms with E-state index < -0.39 is 17.5 Å². The van der Waals surface area contributed by atoms with Crippen LogP contribution in [0, 0.1) is 17.0 Å². The minimum Gasteiger partial charge on any atom is -0.352 e. The monoisotopic (exact) mass is 391 g/mol. The summed E-state index contributed by atoms with van der Waals surface area (Å²) in [6, 6.07) is 4.39. The van der Waals surface area contributed by atoms with E-state index in [9.17, 15) is 18.4 Å². The highest BCUT2D eigenvalue weighted by molar-refractivity contribution is 5.95. The van der Waals surface area contributed by atoms with Crippen molar-refractivity contribution in [3.63, 3.8) is 0 Å². The number of hydrogen-bond acceptors (Lipinski definition) is 5. The van der Waals surface area contributed by atoms with E-state index >= 15 is 0 Å². The van der Waals surface area contributed by atoms with Crippen molar-refractivity contribution in [1.82, 2.24) is 15.6 Å². The van der Waals surface area contributed by atoms with Crippen LogP contribution in [0.3, 0.4) is 0 Å². The van der Waals surface area contributed by atoms with Crippen LogP contribution in [-0.2, 0) is 17.8 Å². The molecule has 28 heavy (non-hydrogen) atoms. The number of benzene rings is 1. The molecular weight excluding hydrogens is 368 g/mol. The molecule has 0 saturated carbocycles. The molecule has 0 aliphatic rings. The Kier molecular flexibility index (Phi) is 9.38. The fraction of sp³-hybridized carbons (Fsp3) is 0.263. The van der Waals surface area contributed by atoms with Crippen LogP contribution in [0.1, 0.15) is 34.0 Å². The summed E-state index contributed by atoms with van der Waals surface area (Å²) in [5, 5.41) is 11.8. The number of nitrogens with zero attached hydrogens (tertiary/aromatic N) is 1. The molecule has 7 nitrogen and oxygen atoms in total. The smallest absolute Gasteiger partial charge is 0.253 e.